The zero-order valence-corrected chi connectivity index (χ0v) is 8.48. The van der Waals surface area contributed by atoms with Crippen molar-refractivity contribution in [3.05, 3.63) is 28.8 Å². The number of rotatable bonds is 0. The lowest BCUT2D eigenvalue weighted by Gasteiger charge is -1.97. The molecule has 0 saturated carbocycles. The zero-order chi connectivity index (χ0) is 8.97. The summed E-state index contributed by atoms with van der Waals surface area (Å²) in [6.07, 6.45) is 0. The third kappa shape index (κ3) is 2.17. The predicted molar refractivity (Wildman–Crippen MR) is 53.8 cm³/mol. The molecule has 0 heterocycles. The molecule has 0 radical (unpaired) electrons. The van der Waals surface area contributed by atoms with Crippen molar-refractivity contribution < 1.29 is 5.11 Å². The van der Waals surface area contributed by atoms with Crippen LogP contribution in [0.25, 0.3) is 0 Å². The minimum Gasteiger partial charge on any atom is -0.506 e. The molecule has 62 valence electrons. The Labute approximate surface area is 84.5 Å². The first kappa shape index (κ1) is 9.44. The summed E-state index contributed by atoms with van der Waals surface area (Å²) >= 11 is 8.93. The van der Waals surface area contributed by atoms with E-state index < -0.39 is 0 Å². The van der Waals surface area contributed by atoms with Gasteiger partial charge in [-0.3, -0.25) is 0 Å². The summed E-state index contributed by atoms with van der Waals surface area (Å²) in [5.41, 5.74) is 0.649. The van der Waals surface area contributed by atoms with Gasteiger partial charge in [0, 0.05) is 5.56 Å². The number of halogens is 2. The van der Waals surface area contributed by atoms with Crippen LogP contribution in [0.3, 0.4) is 0 Å². The van der Waals surface area contributed by atoms with Crippen LogP contribution >= 0.6 is 27.5 Å². The minimum atomic E-state index is 0.0676. The minimum absolute atomic E-state index is 0.0676. The number of alkyl halides is 1. The molecule has 0 unspecified atom stereocenters. The molecule has 0 atom stereocenters. The number of phenolic OH excluding ortho intramolecular Hbond substituents is 1. The van der Waals surface area contributed by atoms with Gasteiger partial charge in [0.05, 0.1) is 10.4 Å². The zero-order valence-electron chi connectivity index (χ0n) is 6.14. The average molecular weight is 246 g/mol. The quantitative estimate of drug-likeness (QED) is 0.550. The van der Waals surface area contributed by atoms with E-state index in [0.29, 0.717) is 15.9 Å². The summed E-state index contributed by atoms with van der Waals surface area (Å²) in [7, 11) is 0. The molecule has 0 aliphatic heterocycles. The number of hydrogen-bond donors (Lipinski definition) is 1. The molecule has 3 heteroatoms. The largest absolute Gasteiger partial charge is 0.506 e. The second-order valence-corrected chi connectivity index (χ2v) is 3.01. The van der Waals surface area contributed by atoms with Gasteiger partial charge in [-0.25, -0.2) is 0 Å². The second-order valence-electron chi connectivity index (χ2n) is 2.07. The van der Waals surface area contributed by atoms with Crippen LogP contribution in [0.15, 0.2) is 18.2 Å². The summed E-state index contributed by atoms with van der Waals surface area (Å²) in [5, 5.41) is 10.1. The lowest BCUT2D eigenvalue weighted by Crippen LogP contribution is -1.77. The molecule has 0 spiro atoms. The number of hydrogen-bond acceptors (Lipinski definition) is 1. The van der Waals surface area contributed by atoms with Crippen LogP contribution in [-0.2, 0) is 0 Å². The van der Waals surface area contributed by atoms with E-state index in [9.17, 15) is 5.11 Å². The van der Waals surface area contributed by atoms with Gasteiger partial charge in [-0.05, 0) is 12.1 Å². The van der Waals surface area contributed by atoms with Crippen molar-refractivity contribution in [3.63, 3.8) is 0 Å². The molecule has 1 nitrogen and oxygen atoms in total. The summed E-state index contributed by atoms with van der Waals surface area (Å²) < 4.78 is 0. The molecule has 0 amide bonds. The van der Waals surface area contributed by atoms with Crippen LogP contribution in [0, 0.1) is 11.8 Å². The Balaban J connectivity index is 3.08. The van der Waals surface area contributed by atoms with Crippen molar-refractivity contribution >= 4 is 27.5 Å². The van der Waals surface area contributed by atoms with Crippen molar-refractivity contribution in [3.8, 4) is 17.6 Å². The molecule has 1 rings (SSSR count). The SMILES string of the molecule is Oc1cccc(C#CCBr)c1Cl. The number of phenols is 1. The molecule has 0 bridgehead atoms. The van der Waals surface area contributed by atoms with Crippen LogP contribution in [-0.4, -0.2) is 10.4 Å². The monoisotopic (exact) mass is 244 g/mol. The highest BCUT2D eigenvalue weighted by Crippen LogP contribution is 2.25. The Kier molecular flexibility index (Phi) is 3.46. The van der Waals surface area contributed by atoms with E-state index in [4.69, 9.17) is 11.6 Å². The maximum atomic E-state index is 9.19. The molecular weight excluding hydrogens is 239 g/mol. The summed E-state index contributed by atoms with van der Waals surface area (Å²) in [5.74, 6) is 5.69. The summed E-state index contributed by atoms with van der Waals surface area (Å²) in [4.78, 5) is 0. The first-order valence-corrected chi connectivity index (χ1v) is 4.78. The molecule has 0 aromatic heterocycles. The van der Waals surface area contributed by atoms with Crippen LogP contribution in [0.1, 0.15) is 5.56 Å². The van der Waals surface area contributed by atoms with Gasteiger partial charge in [0.15, 0.2) is 0 Å². The molecule has 1 aromatic rings. The van der Waals surface area contributed by atoms with E-state index in [0.717, 1.165) is 0 Å². The maximum absolute atomic E-state index is 9.19. The van der Waals surface area contributed by atoms with Gasteiger partial charge in [-0.1, -0.05) is 45.4 Å². The first-order chi connectivity index (χ1) is 5.75. The molecule has 0 aliphatic carbocycles. The molecule has 1 aromatic carbocycles. The standard InChI is InChI=1S/C9H6BrClO/c10-6-2-4-7-3-1-5-8(12)9(7)11/h1,3,5,12H,6H2. The van der Waals surface area contributed by atoms with Gasteiger partial charge >= 0.3 is 0 Å². The molecule has 1 N–H and O–H groups in total. The molecule has 12 heavy (non-hydrogen) atoms. The fraction of sp³-hybridized carbons (Fsp3) is 0.111. The third-order valence-corrected chi connectivity index (χ3v) is 1.95. The van der Waals surface area contributed by atoms with E-state index in [1.54, 1.807) is 12.1 Å². The Morgan fingerprint density at radius 1 is 1.50 bits per heavy atom. The van der Waals surface area contributed by atoms with E-state index in [-0.39, 0.29) is 5.75 Å². The van der Waals surface area contributed by atoms with Crippen molar-refractivity contribution in [2.45, 2.75) is 0 Å². The van der Waals surface area contributed by atoms with Crippen molar-refractivity contribution in [1.82, 2.24) is 0 Å². The average Bonchev–Trinajstić information content (AvgIpc) is 2.08. The first-order valence-electron chi connectivity index (χ1n) is 3.28. The van der Waals surface area contributed by atoms with E-state index in [1.165, 1.54) is 6.07 Å². The normalized spacial score (nSPS) is 8.83. The van der Waals surface area contributed by atoms with Gasteiger partial charge in [-0.15, -0.1) is 0 Å². The van der Waals surface area contributed by atoms with Gasteiger partial charge in [0.25, 0.3) is 0 Å². The fourth-order valence-electron chi connectivity index (χ4n) is 0.745. The van der Waals surface area contributed by atoms with Gasteiger partial charge in [0.2, 0.25) is 0 Å². The molecule has 0 aliphatic rings. The second kappa shape index (κ2) is 4.39. The predicted octanol–water partition coefficient (Wildman–Crippen LogP) is 2.79. The van der Waals surface area contributed by atoms with E-state index >= 15 is 0 Å². The molecule has 0 saturated heterocycles. The van der Waals surface area contributed by atoms with Crippen molar-refractivity contribution in [2.24, 2.45) is 0 Å². The van der Waals surface area contributed by atoms with E-state index in [1.807, 2.05) is 0 Å². The molecular formula is C9H6BrClO. The van der Waals surface area contributed by atoms with Crippen LogP contribution in [0.4, 0.5) is 0 Å². The Bertz CT molecular complexity index is 338. The highest BCUT2D eigenvalue weighted by atomic mass is 79.9. The maximum Gasteiger partial charge on any atom is 0.135 e. The van der Waals surface area contributed by atoms with E-state index in [2.05, 4.69) is 27.8 Å². The highest BCUT2D eigenvalue weighted by molar-refractivity contribution is 9.09. The van der Waals surface area contributed by atoms with Crippen LogP contribution < -0.4 is 0 Å². The smallest absolute Gasteiger partial charge is 0.135 e. The van der Waals surface area contributed by atoms with Gasteiger partial charge in [0.1, 0.15) is 5.75 Å². The lowest BCUT2D eigenvalue weighted by molar-refractivity contribution is 0.475. The summed E-state index contributed by atoms with van der Waals surface area (Å²) in [6, 6.07) is 5.00. The Morgan fingerprint density at radius 2 is 2.25 bits per heavy atom. The number of benzene rings is 1. The lowest BCUT2D eigenvalue weighted by atomic mass is 10.2. The van der Waals surface area contributed by atoms with Crippen LogP contribution in [0.5, 0.6) is 5.75 Å². The molecule has 0 fully saturated rings. The topological polar surface area (TPSA) is 20.2 Å². The Morgan fingerprint density at radius 3 is 2.92 bits per heavy atom. The van der Waals surface area contributed by atoms with Gasteiger partial charge < -0.3 is 5.11 Å². The number of aromatic hydroxyl groups is 1. The van der Waals surface area contributed by atoms with Gasteiger partial charge in [-0.2, -0.15) is 0 Å². The van der Waals surface area contributed by atoms with Crippen molar-refractivity contribution in [2.75, 3.05) is 5.33 Å². The third-order valence-electron chi connectivity index (χ3n) is 1.27. The summed E-state index contributed by atoms with van der Waals surface area (Å²) in [6.45, 7) is 0. The highest BCUT2D eigenvalue weighted by Gasteiger charge is 2.00. The van der Waals surface area contributed by atoms with Crippen LogP contribution in [0.2, 0.25) is 5.02 Å². The fourth-order valence-corrected chi connectivity index (χ4v) is 1.06. The Hall–Kier alpha value is -0.650. The van der Waals surface area contributed by atoms with Crippen molar-refractivity contribution in [1.29, 1.82) is 0 Å².